The van der Waals surface area contributed by atoms with Crippen molar-refractivity contribution in [1.82, 2.24) is 5.32 Å². The fourth-order valence-electron chi connectivity index (χ4n) is 2.08. The van der Waals surface area contributed by atoms with Crippen molar-refractivity contribution in [3.63, 3.8) is 0 Å². The van der Waals surface area contributed by atoms with Crippen LogP contribution in [0.1, 0.15) is 19.8 Å². The Morgan fingerprint density at radius 2 is 2.54 bits per heavy atom. The third-order valence-electron chi connectivity index (χ3n) is 2.93. The Hall–Kier alpha value is -1.06. The smallest absolute Gasteiger partial charge is 0.321 e. The predicted molar refractivity (Wildman–Crippen MR) is 44.8 cm³/mol. The lowest BCUT2D eigenvalue weighted by Gasteiger charge is -2.19. The van der Waals surface area contributed by atoms with Gasteiger partial charge in [0.2, 0.25) is 5.91 Å². The summed E-state index contributed by atoms with van der Waals surface area (Å²) >= 11 is 0. The summed E-state index contributed by atoms with van der Waals surface area (Å²) in [7, 11) is 0. The summed E-state index contributed by atoms with van der Waals surface area (Å²) in [6.07, 6.45) is 1.59. The zero-order valence-corrected chi connectivity index (χ0v) is 7.63. The molecule has 0 spiro atoms. The molecule has 1 saturated carbocycles. The quantitative estimate of drug-likeness (QED) is 0.487. The van der Waals surface area contributed by atoms with E-state index in [-0.39, 0.29) is 17.8 Å². The fourth-order valence-corrected chi connectivity index (χ4v) is 2.08. The SMILES string of the molecule is CCOC(=O)C12CC1CCNC2=O. The molecule has 1 heterocycles. The van der Waals surface area contributed by atoms with Crippen LogP contribution in [0.2, 0.25) is 0 Å². The Morgan fingerprint density at radius 3 is 3.15 bits per heavy atom. The molecule has 0 bridgehead atoms. The van der Waals surface area contributed by atoms with Crippen LogP contribution in [0.3, 0.4) is 0 Å². The standard InChI is InChI=1S/C9H13NO3/c1-2-13-8(12)9-5-6(9)3-4-10-7(9)11/h6H,2-5H2,1H3,(H,10,11). The van der Waals surface area contributed by atoms with Gasteiger partial charge in [-0.3, -0.25) is 9.59 Å². The van der Waals surface area contributed by atoms with Gasteiger partial charge < -0.3 is 10.1 Å². The number of amides is 1. The Labute approximate surface area is 76.6 Å². The van der Waals surface area contributed by atoms with Gasteiger partial charge in [0, 0.05) is 6.54 Å². The number of hydrogen-bond donors (Lipinski definition) is 1. The maximum atomic E-state index is 11.5. The highest BCUT2D eigenvalue weighted by Crippen LogP contribution is 2.57. The van der Waals surface area contributed by atoms with E-state index in [2.05, 4.69) is 5.32 Å². The lowest BCUT2D eigenvalue weighted by Crippen LogP contribution is -2.43. The van der Waals surface area contributed by atoms with E-state index in [4.69, 9.17) is 4.74 Å². The number of carbonyl (C=O) groups is 2. The van der Waals surface area contributed by atoms with Gasteiger partial charge in [-0.15, -0.1) is 0 Å². The average molecular weight is 183 g/mol. The summed E-state index contributed by atoms with van der Waals surface area (Å²) in [6, 6.07) is 0. The van der Waals surface area contributed by atoms with Crippen molar-refractivity contribution in [2.24, 2.45) is 11.3 Å². The number of nitrogens with one attached hydrogen (secondary N) is 1. The van der Waals surface area contributed by atoms with Crippen LogP contribution in [0, 0.1) is 11.3 Å². The van der Waals surface area contributed by atoms with Crippen molar-refractivity contribution < 1.29 is 14.3 Å². The fraction of sp³-hybridized carbons (Fsp3) is 0.778. The number of esters is 1. The highest BCUT2D eigenvalue weighted by Gasteiger charge is 2.67. The molecular weight excluding hydrogens is 170 g/mol. The summed E-state index contributed by atoms with van der Waals surface area (Å²) < 4.78 is 4.90. The summed E-state index contributed by atoms with van der Waals surface area (Å²) in [5.74, 6) is -0.236. The molecule has 2 rings (SSSR count). The van der Waals surface area contributed by atoms with E-state index in [1.165, 1.54) is 0 Å². The van der Waals surface area contributed by atoms with Crippen LogP contribution in [0.25, 0.3) is 0 Å². The molecule has 0 aromatic rings. The molecule has 0 radical (unpaired) electrons. The third kappa shape index (κ3) is 1.04. The molecule has 2 fully saturated rings. The van der Waals surface area contributed by atoms with Gasteiger partial charge in [0.1, 0.15) is 5.41 Å². The van der Waals surface area contributed by atoms with Crippen LogP contribution in [0.15, 0.2) is 0 Å². The summed E-state index contributed by atoms with van der Waals surface area (Å²) in [5, 5.41) is 2.71. The van der Waals surface area contributed by atoms with E-state index in [0.29, 0.717) is 19.6 Å². The lowest BCUT2D eigenvalue weighted by atomic mass is 9.98. The second-order valence-corrected chi connectivity index (χ2v) is 3.64. The van der Waals surface area contributed by atoms with Crippen LogP contribution >= 0.6 is 0 Å². The van der Waals surface area contributed by atoms with Crippen LogP contribution in [-0.4, -0.2) is 25.0 Å². The average Bonchev–Trinajstić information content (AvgIpc) is 2.82. The Morgan fingerprint density at radius 1 is 1.77 bits per heavy atom. The first-order valence-corrected chi connectivity index (χ1v) is 4.67. The molecule has 2 unspecified atom stereocenters. The highest BCUT2D eigenvalue weighted by molar-refractivity contribution is 6.06. The maximum absolute atomic E-state index is 11.5. The van der Waals surface area contributed by atoms with Gasteiger partial charge in [-0.05, 0) is 25.7 Å². The number of piperidine rings is 1. The first-order chi connectivity index (χ1) is 6.21. The molecule has 2 aliphatic rings. The minimum absolute atomic E-state index is 0.137. The predicted octanol–water partition coefficient (Wildman–Crippen LogP) is 0.0757. The third-order valence-corrected chi connectivity index (χ3v) is 2.93. The minimum Gasteiger partial charge on any atom is -0.465 e. The molecule has 1 aliphatic heterocycles. The van der Waals surface area contributed by atoms with Gasteiger partial charge in [-0.2, -0.15) is 0 Å². The van der Waals surface area contributed by atoms with Gasteiger partial charge in [0.05, 0.1) is 6.61 Å². The minimum atomic E-state index is -0.797. The van der Waals surface area contributed by atoms with Crippen molar-refractivity contribution in [2.45, 2.75) is 19.8 Å². The molecule has 0 aromatic carbocycles. The molecule has 13 heavy (non-hydrogen) atoms. The van der Waals surface area contributed by atoms with E-state index < -0.39 is 5.41 Å². The maximum Gasteiger partial charge on any atom is 0.321 e. The van der Waals surface area contributed by atoms with Crippen molar-refractivity contribution in [2.75, 3.05) is 13.2 Å². The van der Waals surface area contributed by atoms with Crippen LogP contribution in [0.5, 0.6) is 0 Å². The van der Waals surface area contributed by atoms with Crippen LogP contribution in [0.4, 0.5) is 0 Å². The van der Waals surface area contributed by atoms with Gasteiger partial charge in [0.15, 0.2) is 0 Å². The second kappa shape index (κ2) is 2.72. The zero-order valence-electron chi connectivity index (χ0n) is 7.63. The Bertz CT molecular complexity index is 264. The van der Waals surface area contributed by atoms with E-state index in [9.17, 15) is 9.59 Å². The van der Waals surface area contributed by atoms with Crippen molar-refractivity contribution in [3.8, 4) is 0 Å². The topological polar surface area (TPSA) is 55.4 Å². The van der Waals surface area contributed by atoms with Crippen molar-refractivity contribution in [1.29, 1.82) is 0 Å². The molecule has 1 amide bonds. The molecule has 4 nitrogen and oxygen atoms in total. The molecule has 4 heteroatoms. The number of ether oxygens (including phenoxy) is 1. The largest absolute Gasteiger partial charge is 0.465 e. The monoisotopic (exact) mass is 183 g/mol. The van der Waals surface area contributed by atoms with E-state index in [1.807, 2.05) is 0 Å². The molecular formula is C9H13NO3. The van der Waals surface area contributed by atoms with Crippen molar-refractivity contribution in [3.05, 3.63) is 0 Å². The lowest BCUT2D eigenvalue weighted by molar-refractivity contribution is -0.155. The van der Waals surface area contributed by atoms with Gasteiger partial charge in [-0.1, -0.05) is 0 Å². The Kier molecular flexibility index (Phi) is 1.78. The molecule has 0 aromatic heterocycles. The molecule has 1 aliphatic carbocycles. The Balaban J connectivity index is 2.12. The zero-order chi connectivity index (χ0) is 9.47. The summed E-state index contributed by atoms with van der Waals surface area (Å²) in [5.41, 5.74) is -0.797. The van der Waals surface area contributed by atoms with E-state index >= 15 is 0 Å². The molecule has 72 valence electrons. The van der Waals surface area contributed by atoms with Crippen molar-refractivity contribution >= 4 is 11.9 Å². The number of carbonyl (C=O) groups excluding carboxylic acids is 2. The van der Waals surface area contributed by atoms with Gasteiger partial charge in [-0.25, -0.2) is 0 Å². The molecule has 2 atom stereocenters. The second-order valence-electron chi connectivity index (χ2n) is 3.64. The highest BCUT2D eigenvalue weighted by atomic mass is 16.5. The first-order valence-electron chi connectivity index (χ1n) is 4.67. The summed E-state index contributed by atoms with van der Waals surface area (Å²) in [4.78, 5) is 23.0. The molecule has 1 saturated heterocycles. The summed E-state index contributed by atoms with van der Waals surface area (Å²) in [6.45, 7) is 2.80. The number of hydrogen-bond acceptors (Lipinski definition) is 3. The normalized spacial score (nSPS) is 36.1. The van der Waals surface area contributed by atoms with E-state index in [1.54, 1.807) is 6.92 Å². The number of rotatable bonds is 2. The van der Waals surface area contributed by atoms with Gasteiger partial charge in [0.25, 0.3) is 0 Å². The van der Waals surface area contributed by atoms with Crippen LogP contribution in [-0.2, 0) is 14.3 Å². The van der Waals surface area contributed by atoms with Gasteiger partial charge >= 0.3 is 5.97 Å². The molecule has 1 N–H and O–H groups in total. The first kappa shape index (κ1) is 8.53. The number of fused-ring (bicyclic) bond motifs is 1. The van der Waals surface area contributed by atoms with E-state index in [0.717, 1.165) is 6.42 Å². The van der Waals surface area contributed by atoms with Crippen LogP contribution < -0.4 is 5.32 Å².